The fourth-order valence-corrected chi connectivity index (χ4v) is 6.45. The van der Waals surface area contributed by atoms with Gasteiger partial charge in [0.25, 0.3) is 0 Å². The van der Waals surface area contributed by atoms with E-state index in [2.05, 4.69) is 137 Å². The lowest BCUT2D eigenvalue weighted by Crippen LogP contribution is -2.43. The van der Waals surface area contributed by atoms with Gasteiger partial charge in [-0.2, -0.15) is 0 Å². The third kappa shape index (κ3) is 9.72. The summed E-state index contributed by atoms with van der Waals surface area (Å²) in [6.45, 7) is 26.6. The van der Waals surface area contributed by atoms with Gasteiger partial charge in [0.1, 0.15) is 5.82 Å². The minimum absolute atomic E-state index is 0.00882. The Bertz CT molecular complexity index is 1540. The highest BCUT2D eigenvalue weighted by atomic mass is 31.0. The maximum absolute atomic E-state index is 6.46. The SMILES string of the molecule is C=C(Nc1ccc(C(/C=C(\C)C2(C(=C)N(C)C)CC2)=C(/C(=C)CC)C(P)=NC)cc1)Nc1ccc(CN2CCN(C)CC2)c(N)c1.CC. The Labute approximate surface area is 293 Å². The monoisotopic (exact) mass is 669 g/mol. The van der Waals surface area contributed by atoms with Crippen molar-refractivity contribution in [3.05, 3.63) is 108 Å². The van der Waals surface area contributed by atoms with Gasteiger partial charge in [0.05, 0.1) is 5.45 Å². The Kier molecular flexibility index (Phi) is 14.3. The number of likely N-dealkylation sites (N-methyl/N-ethyl adjacent to an activating group) is 1. The van der Waals surface area contributed by atoms with Crippen LogP contribution < -0.4 is 16.4 Å². The fraction of sp³-hybridized carbons (Fsp3) is 0.425. The molecule has 2 fully saturated rings. The number of aliphatic imine (C=N–C) groups is 1. The maximum atomic E-state index is 6.46. The van der Waals surface area contributed by atoms with Crippen molar-refractivity contribution < 1.29 is 0 Å². The predicted molar refractivity (Wildman–Crippen MR) is 215 cm³/mol. The zero-order valence-electron chi connectivity index (χ0n) is 30.8. The molecule has 4 N–H and O–H groups in total. The number of benzene rings is 2. The normalized spacial score (nSPS) is 17.0. The van der Waals surface area contributed by atoms with E-state index in [1.807, 2.05) is 27.0 Å². The lowest BCUT2D eigenvalue weighted by Gasteiger charge is -2.32. The van der Waals surface area contributed by atoms with Crippen LogP contribution in [0.4, 0.5) is 17.1 Å². The molecular weight excluding hydrogens is 609 g/mol. The summed E-state index contributed by atoms with van der Waals surface area (Å²) in [5, 5.41) is 6.78. The Hall–Kier alpha value is -3.64. The van der Waals surface area contributed by atoms with Crippen molar-refractivity contribution in [1.29, 1.82) is 0 Å². The van der Waals surface area contributed by atoms with Gasteiger partial charge in [0.2, 0.25) is 0 Å². The lowest BCUT2D eigenvalue weighted by atomic mass is 9.87. The van der Waals surface area contributed by atoms with Gasteiger partial charge in [-0.25, -0.2) is 0 Å². The molecule has 0 aromatic heterocycles. The summed E-state index contributed by atoms with van der Waals surface area (Å²) < 4.78 is 0. The number of nitrogen functional groups attached to an aromatic ring is 1. The molecule has 0 amide bonds. The third-order valence-electron chi connectivity index (χ3n) is 9.43. The molecule has 1 unspecified atom stereocenters. The number of rotatable bonds is 14. The van der Waals surface area contributed by atoms with Crippen LogP contribution in [-0.2, 0) is 6.54 Å². The first-order valence-electron chi connectivity index (χ1n) is 17.2. The summed E-state index contributed by atoms with van der Waals surface area (Å²) >= 11 is 0. The molecule has 1 aliphatic carbocycles. The molecule has 8 heteroatoms. The second-order valence-electron chi connectivity index (χ2n) is 12.9. The second kappa shape index (κ2) is 17.7. The average molecular weight is 670 g/mol. The second-order valence-corrected chi connectivity index (χ2v) is 13.5. The van der Waals surface area contributed by atoms with Gasteiger partial charge >= 0.3 is 0 Å². The highest BCUT2D eigenvalue weighted by molar-refractivity contribution is 7.42. The number of piperazine rings is 1. The van der Waals surface area contributed by atoms with Crippen molar-refractivity contribution in [2.45, 2.75) is 53.5 Å². The van der Waals surface area contributed by atoms with Crippen molar-refractivity contribution in [1.82, 2.24) is 14.7 Å². The molecule has 1 saturated heterocycles. The smallest absolute Gasteiger partial charge is 0.100 e. The van der Waals surface area contributed by atoms with Crippen molar-refractivity contribution in [3.8, 4) is 0 Å². The van der Waals surface area contributed by atoms with Gasteiger partial charge in [-0.15, -0.1) is 0 Å². The molecule has 1 atom stereocenters. The highest BCUT2D eigenvalue weighted by Crippen LogP contribution is 2.57. The van der Waals surface area contributed by atoms with Crippen molar-refractivity contribution in [2.24, 2.45) is 10.4 Å². The average Bonchev–Trinajstić information content (AvgIpc) is 3.89. The summed E-state index contributed by atoms with van der Waals surface area (Å²) in [6.07, 6.45) is 5.39. The van der Waals surface area contributed by atoms with Crippen molar-refractivity contribution >= 4 is 37.3 Å². The van der Waals surface area contributed by atoms with Gasteiger partial charge < -0.3 is 26.2 Å². The van der Waals surface area contributed by atoms with Gasteiger partial charge in [-0.05, 0) is 79.8 Å². The van der Waals surface area contributed by atoms with Crippen LogP contribution in [0.2, 0.25) is 0 Å². The van der Waals surface area contributed by atoms with Crippen LogP contribution in [-0.4, -0.2) is 74.5 Å². The molecule has 2 aliphatic rings. The Morgan fingerprint density at radius 2 is 1.58 bits per heavy atom. The fourth-order valence-electron chi connectivity index (χ4n) is 6.09. The number of anilines is 3. The summed E-state index contributed by atoms with van der Waals surface area (Å²) in [4.78, 5) is 11.5. The Morgan fingerprint density at radius 3 is 2.10 bits per heavy atom. The van der Waals surface area contributed by atoms with Crippen LogP contribution in [0.25, 0.3) is 5.57 Å². The Balaban J connectivity index is 0.00000307. The maximum Gasteiger partial charge on any atom is 0.100 e. The van der Waals surface area contributed by atoms with Crippen molar-refractivity contribution in [3.63, 3.8) is 0 Å². The molecule has 48 heavy (non-hydrogen) atoms. The van der Waals surface area contributed by atoms with Crippen LogP contribution in [0.3, 0.4) is 0 Å². The minimum Gasteiger partial charge on any atom is -0.398 e. The number of nitrogens with zero attached hydrogens (tertiary/aromatic N) is 4. The number of hydrogen-bond donors (Lipinski definition) is 3. The summed E-state index contributed by atoms with van der Waals surface area (Å²) in [6, 6.07) is 14.6. The van der Waals surface area contributed by atoms with Crippen molar-refractivity contribution in [2.75, 3.05) is 70.7 Å². The van der Waals surface area contributed by atoms with E-state index in [0.717, 1.165) is 108 Å². The van der Waals surface area contributed by atoms with Crippen LogP contribution >= 0.6 is 9.24 Å². The largest absolute Gasteiger partial charge is 0.398 e. The molecule has 0 bridgehead atoms. The minimum atomic E-state index is 0.00882. The highest BCUT2D eigenvalue weighted by Gasteiger charge is 2.47. The van der Waals surface area contributed by atoms with E-state index in [1.54, 1.807) is 0 Å². The summed E-state index contributed by atoms with van der Waals surface area (Å²) in [5.74, 6) is 0.675. The number of hydrogen-bond acceptors (Lipinski definition) is 7. The molecule has 1 heterocycles. The molecule has 2 aromatic carbocycles. The quantitative estimate of drug-likeness (QED) is 0.0812. The number of allylic oxidation sites excluding steroid dienone is 5. The summed E-state index contributed by atoms with van der Waals surface area (Å²) in [5.41, 5.74) is 18.0. The molecule has 7 nitrogen and oxygen atoms in total. The molecule has 2 aromatic rings. The molecular formula is C40H60N7P. The first kappa shape index (κ1) is 38.8. The molecule has 260 valence electrons. The molecule has 0 spiro atoms. The number of nitrogens with one attached hydrogen (secondary N) is 2. The predicted octanol–water partition coefficient (Wildman–Crippen LogP) is 8.46. The molecule has 1 saturated carbocycles. The van der Waals surface area contributed by atoms with E-state index < -0.39 is 0 Å². The zero-order chi connectivity index (χ0) is 35.6. The van der Waals surface area contributed by atoms with Gasteiger partial charge in [0.15, 0.2) is 0 Å². The van der Waals surface area contributed by atoms with Gasteiger partial charge in [-0.1, -0.05) is 79.6 Å². The van der Waals surface area contributed by atoms with Crippen LogP contribution in [0.15, 0.2) is 102 Å². The van der Waals surface area contributed by atoms with E-state index in [-0.39, 0.29) is 5.41 Å². The topological polar surface area (TPSA) is 72.2 Å². The zero-order valence-corrected chi connectivity index (χ0v) is 32.0. The molecule has 0 radical (unpaired) electrons. The third-order valence-corrected chi connectivity index (χ3v) is 9.97. The van der Waals surface area contributed by atoms with E-state index >= 15 is 0 Å². The first-order valence-corrected chi connectivity index (χ1v) is 17.8. The van der Waals surface area contributed by atoms with E-state index in [9.17, 15) is 0 Å². The van der Waals surface area contributed by atoms with Crippen LogP contribution in [0, 0.1) is 5.41 Å². The van der Waals surface area contributed by atoms with Crippen LogP contribution in [0.5, 0.6) is 0 Å². The van der Waals surface area contributed by atoms with Gasteiger partial charge in [-0.3, -0.25) is 9.89 Å². The standard InChI is InChI=1S/C38H54N7P.C2H6/c1-10-26(2)36(37(46)40-6)34(23-27(3)38(17-18-38)28(4)43(7)8)30-11-14-32(15-12-30)41-29(5)42-33-16-13-31(35(39)24-33)25-45-21-19-44(9)20-22-45;1-2/h11-16,23-24,41-42H,2,4-5,10,17-22,25,39,46H2,1,3,6-9H3;1-2H3/b27-23+,36-34-,40-37?;. The number of nitrogens with two attached hydrogens (primary N) is 1. The van der Waals surface area contributed by atoms with E-state index in [0.29, 0.717) is 5.82 Å². The summed E-state index contributed by atoms with van der Waals surface area (Å²) in [7, 11) is 11.0. The van der Waals surface area contributed by atoms with E-state index in [1.165, 1.54) is 5.57 Å². The lowest BCUT2D eigenvalue weighted by molar-refractivity contribution is 0.148. The Morgan fingerprint density at radius 1 is 1.00 bits per heavy atom. The molecule has 4 rings (SSSR count). The van der Waals surface area contributed by atoms with Gasteiger partial charge in [0, 0.05) is 87.6 Å². The first-order chi connectivity index (χ1) is 22.9. The van der Waals surface area contributed by atoms with Crippen LogP contribution in [0.1, 0.15) is 58.1 Å². The van der Waals surface area contributed by atoms with E-state index in [4.69, 9.17) is 5.73 Å². The molecule has 1 aliphatic heterocycles.